The average Bonchev–Trinajstić information content (AvgIpc) is 3.36. The largest absolute Gasteiger partial charge is 0.417 e. The van der Waals surface area contributed by atoms with Crippen LogP contribution in [0, 0.1) is 5.92 Å². The van der Waals surface area contributed by atoms with Crippen LogP contribution in [0.5, 0.6) is 0 Å². The second kappa shape index (κ2) is 8.63. The van der Waals surface area contributed by atoms with Gasteiger partial charge in [-0.05, 0) is 121 Å². The van der Waals surface area contributed by atoms with E-state index in [1.54, 1.807) is 6.07 Å². The van der Waals surface area contributed by atoms with E-state index in [0.29, 0.717) is 12.0 Å². The molecule has 0 aliphatic heterocycles. The van der Waals surface area contributed by atoms with Crippen molar-refractivity contribution in [2.75, 3.05) is 0 Å². The van der Waals surface area contributed by atoms with Crippen LogP contribution in [-0.4, -0.2) is 0 Å². The minimum atomic E-state index is -4.41. The molecule has 1 atom stereocenters. The zero-order valence-corrected chi connectivity index (χ0v) is 24.4. The van der Waals surface area contributed by atoms with Gasteiger partial charge in [0.25, 0.3) is 0 Å². The zero-order valence-electron chi connectivity index (χ0n) is 24.4. The fraction of sp³-hybridized carbons (Fsp3) is 0.143. The van der Waals surface area contributed by atoms with E-state index in [0.717, 1.165) is 40.7 Å². The van der Waals surface area contributed by atoms with Crippen LogP contribution in [0.1, 0.15) is 44.5 Å². The number of halogens is 3. The molecule has 0 saturated heterocycles. The van der Waals surface area contributed by atoms with Gasteiger partial charge >= 0.3 is 6.18 Å². The van der Waals surface area contributed by atoms with Crippen molar-refractivity contribution in [1.82, 2.24) is 0 Å². The molecule has 45 heavy (non-hydrogen) atoms. The van der Waals surface area contributed by atoms with Crippen LogP contribution >= 0.6 is 0 Å². The van der Waals surface area contributed by atoms with E-state index in [4.69, 9.17) is 0 Å². The lowest BCUT2D eigenvalue weighted by molar-refractivity contribution is -0.137. The number of benzene rings is 6. The van der Waals surface area contributed by atoms with Crippen LogP contribution < -0.4 is 0 Å². The van der Waals surface area contributed by atoms with Crippen LogP contribution in [0.3, 0.4) is 0 Å². The maximum atomic E-state index is 14.4. The van der Waals surface area contributed by atoms with Gasteiger partial charge in [0.05, 0.1) is 11.0 Å². The first-order valence-corrected chi connectivity index (χ1v) is 15.7. The smallest absolute Gasteiger partial charge is 0.166 e. The Morgan fingerprint density at radius 1 is 0.467 bits per heavy atom. The average molecular weight is 589 g/mol. The Kier molecular flexibility index (Phi) is 4.88. The van der Waals surface area contributed by atoms with Gasteiger partial charge < -0.3 is 0 Å². The molecule has 10 rings (SSSR count). The second-order valence-corrected chi connectivity index (χ2v) is 13.1. The summed E-state index contributed by atoms with van der Waals surface area (Å²) in [5.74, 6) is 0.205. The van der Waals surface area contributed by atoms with Crippen molar-refractivity contribution in [1.29, 1.82) is 0 Å². The summed E-state index contributed by atoms with van der Waals surface area (Å²) >= 11 is 0. The lowest BCUT2D eigenvalue weighted by Gasteiger charge is -2.31. The van der Waals surface area contributed by atoms with Gasteiger partial charge in [0.2, 0.25) is 0 Å². The summed E-state index contributed by atoms with van der Waals surface area (Å²) in [6.07, 6.45) is -2.19. The summed E-state index contributed by atoms with van der Waals surface area (Å²) < 4.78 is 43.1. The first-order chi connectivity index (χ1) is 21.9. The Bertz CT molecular complexity index is 2210. The molecule has 3 heteroatoms. The van der Waals surface area contributed by atoms with Gasteiger partial charge in [-0.2, -0.15) is 13.2 Å². The number of hydrogen-bond donors (Lipinski definition) is 0. The van der Waals surface area contributed by atoms with Crippen molar-refractivity contribution < 1.29 is 13.2 Å². The number of hydrogen-bond acceptors (Lipinski definition) is 0. The third-order valence-corrected chi connectivity index (χ3v) is 10.9. The van der Waals surface area contributed by atoms with Crippen molar-refractivity contribution in [3.8, 4) is 44.5 Å². The van der Waals surface area contributed by atoms with Gasteiger partial charge in [-0.1, -0.05) is 109 Å². The van der Waals surface area contributed by atoms with Crippen molar-refractivity contribution in [3.05, 3.63) is 166 Å². The number of fused-ring (bicyclic) bond motifs is 15. The van der Waals surface area contributed by atoms with Crippen LogP contribution in [-0.2, 0) is 30.9 Å². The monoisotopic (exact) mass is 588 g/mol. The zero-order chi connectivity index (χ0) is 30.1. The molecule has 0 amide bonds. The highest BCUT2D eigenvalue weighted by molar-refractivity contribution is 5.97. The predicted molar refractivity (Wildman–Crippen MR) is 173 cm³/mol. The van der Waals surface area contributed by atoms with Crippen LogP contribution in [0.2, 0.25) is 0 Å². The van der Waals surface area contributed by atoms with Crippen molar-refractivity contribution >= 4 is 0 Å². The van der Waals surface area contributed by atoms with Crippen molar-refractivity contribution in [2.45, 2.75) is 30.9 Å². The summed E-state index contributed by atoms with van der Waals surface area (Å²) in [6.45, 7) is 0. The Hall–Kier alpha value is -4.89. The molecular formula is C42H27F3. The highest BCUT2D eigenvalue weighted by Crippen LogP contribution is 2.63. The standard InChI is InChI=1S/C42H27F3/c43-42(44,45)38-18-7-9-25-19-24-20-26-22-39-34(23-32(26)27-13-8-14-31(40(25)38)33(27)21-24)30-12-3-6-17-37(30)41(39)35-15-4-1-10-28(35)29-11-2-5-16-36(29)41/h1-18,22-24H,19-21H2. The Balaban J connectivity index is 1.28. The van der Waals surface area contributed by atoms with E-state index in [-0.39, 0.29) is 5.92 Å². The molecule has 6 aromatic carbocycles. The normalized spacial score (nSPS) is 17.4. The van der Waals surface area contributed by atoms with Gasteiger partial charge in [0.15, 0.2) is 0 Å². The fourth-order valence-corrected chi connectivity index (χ4v) is 9.35. The maximum absolute atomic E-state index is 14.4. The molecule has 0 N–H and O–H groups in total. The first kappa shape index (κ1) is 25.4. The highest BCUT2D eigenvalue weighted by atomic mass is 19.4. The van der Waals surface area contributed by atoms with Crippen LogP contribution in [0.4, 0.5) is 13.2 Å². The molecule has 6 aromatic rings. The molecule has 4 aliphatic carbocycles. The van der Waals surface area contributed by atoms with E-state index < -0.39 is 17.2 Å². The summed E-state index contributed by atoms with van der Waals surface area (Å²) in [7, 11) is 0. The first-order valence-electron chi connectivity index (χ1n) is 15.7. The highest BCUT2D eigenvalue weighted by Gasteiger charge is 2.52. The molecule has 216 valence electrons. The molecule has 0 aromatic heterocycles. The topological polar surface area (TPSA) is 0 Å². The lowest BCUT2D eigenvalue weighted by Crippen LogP contribution is -2.26. The Morgan fingerprint density at radius 3 is 1.69 bits per heavy atom. The summed E-state index contributed by atoms with van der Waals surface area (Å²) in [4.78, 5) is 0. The second-order valence-electron chi connectivity index (χ2n) is 13.1. The Morgan fingerprint density at radius 2 is 1.02 bits per heavy atom. The predicted octanol–water partition coefficient (Wildman–Crippen LogP) is 10.7. The van der Waals surface area contributed by atoms with Gasteiger partial charge in [-0.3, -0.25) is 0 Å². The molecule has 1 spiro atoms. The van der Waals surface area contributed by atoms with E-state index in [9.17, 15) is 13.2 Å². The van der Waals surface area contributed by atoms with Crippen molar-refractivity contribution in [3.63, 3.8) is 0 Å². The van der Waals surface area contributed by atoms with E-state index in [2.05, 4.69) is 91.0 Å². The molecule has 0 fully saturated rings. The van der Waals surface area contributed by atoms with E-state index >= 15 is 0 Å². The van der Waals surface area contributed by atoms with Gasteiger partial charge in [-0.25, -0.2) is 0 Å². The molecule has 0 heterocycles. The third-order valence-electron chi connectivity index (χ3n) is 10.9. The van der Waals surface area contributed by atoms with Crippen LogP contribution in [0.25, 0.3) is 44.5 Å². The number of rotatable bonds is 0. The van der Waals surface area contributed by atoms with Crippen molar-refractivity contribution in [2.24, 2.45) is 5.92 Å². The van der Waals surface area contributed by atoms with E-state index in [1.807, 2.05) is 18.2 Å². The number of alkyl halides is 3. The summed E-state index contributed by atoms with van der Waals surface area (Å²) in [5.41, 5.74) is 15.8. The molecule has 0 radical (unpaired) electrons. The van der Waals surface area contributed by atoms with Gasteiger partial charge in [-0.15, -0.1) is 0 Å². The summed E-state index contributed by atoms with van der Waals surface area (Å²) in [6, 6.07) is 42.0. The molecule has 1 unspecified atom stereocenters. The molecular weight excluding hydrogens is 561 g/mol. The maximum Gasteiger partial charge on any atom is 0.417 e. The molecule has 0 nitrogen and oxygen atoms in total. The third kappa shape index (κ3) is 3.18. The van der Waals surface area contributed by atoms with Gasteiger partial charge in [0, 0.05) is 0 Å². The van der Waals surface area contributed by atoms with E-state index in [1.165, 1.54) is 56.1 Å². The lowest BCUT2D eigenvalue weighted by atomic mass is 9.70. The van der Waals surface area contributed by atoms with Gasteiger partial charge in [0.1, 0.15) is 0 Å². The minimum absolute atomic E-state index is 0.205. The summed E-state index contributed by atoms with van der Waals surface area (Å²) in [5, 5.41) is 0. The fourth-order valence-electron chi connectivity index (χ4n) is 9.35. The SMILES string of the molecule is FC(F)(F)c1cccc2c1-c1cccc3c1CC(Cc1cc4c(cc1-3)-c1ccccc1C41c3ccccc3-c3ccccc31)C2. The minimum Gasteiger partial charge on any atom is -0.166 e. The molecule has 2 bridgehead atoms. The molecule has 4 aliphatic rings. The van der Waals surface area contributed by atoms with Crippen LogP contribution in [0.15, 0.2) is 121 Å². The Labute approximate surface area is 259 Å². The molecule has 0 saturated carbocycles. The quantitative estimate of drug-likeness (QED) is 0.165.